The summed E-state index contributed by atoms with van der Waals surface area (Å²) in [5, 5.41) is 9.94. The predicted molar refractivity (Wildman–Crippen MR) is 43.2 cm³/mol. The predicted octanol–water partition coefficient (Wildman–Crippen LogP) is -2.44. The van der Waals surface area contributed by atoms with Gasteiger partial charge in [-0.05, 0) is 17.7 Å². The Balaban J connectivity index is 0.00000169. The van der Waals surface area contributed by atoms with Gasteiger partial charge >= 0.3 is 29.6 Å². The van der Waals surface area contributed by atoms with Crippen molar-refractivity contribution in [2.75, 3.05) is 7.11 Å². The van der Waals surface area contributed by atoms with E-state index < -0.39 is 6.16 Å². The van der Waals surface area contributed by atoms with Crippen LogP contribution in [0.4, 0.5) is 4.79 Å². The van der Waals surface area contributed by atoms with Gasteiger partial charge in [-0.1, -0.05) is 12.1 Å². The number of carbonyl (C=O) groups excluding carboxylic acids is 1. The first-order valence-electron chi connectivity index (χ1n) is 3.69. The second-order valence-electron chi connectivity index (χ2n) is 2.39. The van der Waals surface area contributed by atoms with Crippen molar-refractivity contribution in [3.8, 4) is 5.75 Å². The molecular weight excluding hydrogens is 195 g/mol. The summed E-state index contributed by atoms with van der Waals surface area (Å²) < 4.78 is 9.19. The second-order valence-corrected chi connectivity index (χ2v) is 2.39. The Labute approximate surface area is 104 Å². The van der Waals surface area contributed by atoms with Gasteiger partial charge in [0.15, 0.2) is 0 Å². The Hall–Kier alpha value is -0.710. The summed E-state index contributed by atoms with van der Waals surface area (Å²) in [4.78, 5) is 9.94. The van der Waals surface area contributed by atoms with E-state index in [1.54, 1.807) is 31.4 Å². The molecule has 14 heavy (non-hydrogen) atoms. The minimum absolute atomic E-state index is 0. The molecule has 0 saturated carbocycles. The van der Waals surface area contributed by atoms with Gasteiger partial charge in [-0.25, -0.2) is 0 Å². The molecule has 0 amide bonds. The van der Waals surface area contributed by atoms with Gasteiger partial charge in [-0.2, -0.15) is 0 Å². The van der Waals surface area contributed by atoms with Crippen molar-refractivity contribution in [2.45, 2.75) is 6.61 Å². The molecule has 1 aromatic rings. The summed E-state index contributed by atoms with van der Waals surface area (Å²) in [6.07, 6.45) is -1.52. The maximum Gasteiger partial charge on any atom is 1.00 e. The number of methoxy groups -OCH3 is 1. The van der Waals surface area contributed by atoms with Crippen LogP contribution in [0.3, 0.4) is 0 Å². The van der Waals surface area contributed by atoms with Crippen molar-refractivity contribution in [1.82, 2.24) is 0 Å². The third-order valence-corrected chi connectivity index (χ3v) is 1.52. The average Bonchev–Trinajstić information content (AvgIpc) is 2.15. The van der Waals surface area contributed by atoms with Crippen LogP contribution in [-0.4, -0.2) is 13.3 Å². The third-order valence-electron chi connectivity index (χ3n) is 1.52. The van der Waals surface area contributed by atoms with E-state index in [4.69, 9.17) is 4.74 Å². The Morgan fingerprint density at radius 2 is 1.93 bits per heavy atom. The van der Waals surface area contributed by atoms with Crippen LogP contribution in [0.5, 0.6) is 5.75 Å². The van der Waals surface area contributed by atoms with Gasteiger partial charge < -0.3 is 19.4 Å². The molecule has 70 valence electrons. The van der Waals surface area contributed by atoms with Gasteiger partial charge in [0.1, 0.15) is 5.75 Å². The second kappa shape index (κ2) is 6.70. The first kappa shape index (κ1) is 13.3. The Morgan fingerprint density at radius 1 is 1.36 bits per heavy atom. The van der Waals surface area contributed by atoms with Gasteiger partial charge in [-0.15, -0.1) is 0 Å². The fourth-order valence-electron chi connectivity index (χ4n) is 0.864. The molecule has 0 saturated heterocycles. The summed E-state index contributed by atoms with van der Waals surface area (Å²) in [6, 6.07) is 6.91. The van der Waals surface area contributed by atoms with Crippen LogP contribution >= 0.6 is 0 Å². The largest absolute Gasteiger partial charge is 1.00 e. The minimum Gasteiger partial charge on any atom is -0.545 e. The van der Waals surface area contributed by atoms with Crippen molar-refractivity contribution in [3.05, 3.63) is 29.8 Å². The zero-order valence-corrected chi connectivity index (χ0v) is 10.1. The van der Waals surface area contributed by atoms with Gasteiger partial charge in [-0.3, -0.25) is 0 Å². The zero-order chi connectivity index (χ0) is 9.68. The van der Waals surface area contributed by atoms with E-state index in [1.165, 1.54) is 0 Å². The fourth-order valence-corrected chi connectivity index (χ4v) is 0.864. The van der Waals surface area contributed by atoms with Crippen LogP contribution in [0.25, 0.3) is 0 Å². The third kappa shape index (κ3) is 4.50. The molecule has 5 heteroatoms. The van der Waals surface area contributed by atoms with Gasteiger partial charge in [0.05, 0.1) is 13.7 Å². The van der Waals surface area contributed by atoms with E-state index in [2.05, 4.69) is 4.74 Å². The summed E-state index contributed by atoms with van der Waals surface area (Å²) in [6.45, 7) is 0.00628. The Bertz CT molecular complexity index is 283. The van der Waals surface area contributed by atoms with Crippen LogP contribution < -0.4 is 39.4 Å². The number of hydrogen-bond acceptors (Lipinski definition) is 4. The van der Waals surface area contributed by atoms with Crippen LogP contribution in [0, 0.1) is 0 Å². The summed E-state index contributed by atoms with van der Waals surface area (Å²) in [5.74, 6) is 0.720. The van der Waals surface area contributed by atoms with Gasteiger partial charge in [0.2, 0.25) is 0 Å². The summed E-state index contributed by atoms with van der Waals surface area (Å²) in [7, 11) is 1.56. The molecule has 0 aliphatic rings. The maximum atomic E-state index is 9.94. The van der Waals surface area contributed by atoms with Crippen molar-refractivity contribution >= 4 is 6.16 Å². The molecule has 0 atom stereocenters. The number of rotatable bonds is 3. The first-order valence-corrected chi connectivity index (χ1v) is 3.69. The Kier molecular flexibility index (Phi) is 6.36. The molecule has 0 spiro atoms. The van der Waals surface area contributed by atoms with Crippen molar-refractivity contribution in [2.24, 2.45) is 0 Å². The van der Waals surface area contributed by atoms with Gasteiger partial charge in [0.25, 0.3) is 6.16 Å². The first-order chi connectivity index (χ1) is 6.22. The van der Waals surface area contributed by atoms with E-state index in [1.807, 2.05) is 0 Å². The van der Waals surface area contributed by atoms with E-state index in [0.29, 0.717) is 0 Å². The summed E-state index contributed by atoms with van der Waals surface area (Å²) >= 11 is 0. The molecule has 0 aromatic heterocycles. The number of ether oxygens (including phenoxy) is 2. The zero-order valence-electron chi connectivity index (χ0n) is 8.15. The van der Waals surface area contributed by atoms with Crippen LogP contribution in [-0.2, 0) is 11.3 Å². The number of carboxylic acid groups (broad SMARTS) is 1. The van der Waals surface area contributed by atoms with E-state index >= 15 is 0 Å². The standard InChI is InChI=1S/C9H10O4.Na/c1-12-8-4-2-7(3-5-8)6-13-9(10)11;/h2-5H,6H2,1H3,(H,10,11);/q;+1/p-1. The van der Waals surface area contributed by atoms with E-state index in [9.17, 15) is 9.90 Å². The smallest absolute Gasteiger partial charge is 0.545 e. The topological polar surface area (TPSA) is 58.6 Å². The summed E-state index contributed by atoms with van der Waals surface area (Å²) in [5.41, 5.74) is 0.755. The van der Waals surface area contributed by atoms with E-state index in [-0.39, 0.29) is 36.2 Å². The van der Waals surface area contributed by atoms with Crippen LogP contribution in [0.1, 0.15) is 5.56 Å². The number of carbonyl (C=O) groups is 1. The molecule has 0 radical (unpaired) electrons. The van der Waals surface area contributed by atoms with Crippen molar-refractivity contribution in [3.63, 3.8) is 0 Å². The normalized spacial score (nSPS) is 8.64. The van der Waals surface area contributed by atoms with Gasteiger partial charge in [0, 0.05) is 0 Å². The quantitative estimate of drug-likeness (QED) is 0.405. The molecule has 0 bridgehead atoms. The van der Waals surface area contributed by atoms with Crippen molar-refractivity contribution in [1.29, 1.82) is 0 Å². The number of benzene rings is 1. The average molecular weight is 204 g/mol. The number of hydrogen-bond donors (Lipinski definition) is 0. The molecule has 0 heterocycles. The molecular formula is C9H9NaO4. The van der Waals surface area contributed by atoms with E-state index in [0.717, 1.165) is 11.3 Å². The Morgan fingerprint density at radius 3 is 2.36 bits per heavy atom. The molecule has 0 N–H and O–H groups in total. The van der Waals surface area contributed by atoms with Crippen LogP contribution in [0.15, 0.2) is 24.3 Å². The van der Waals surface area contributed by atoms with Crippen LogP contribution in [0.2, 0.25) is 0 Å². The fraction of sp³-hybridized carbons (Fsp3) is 0.222. The molecule has 0 fully saturated rings. The molecule has 1 aromatic carbocycles. The SMILES string of the molecule is COc1ccc(COC(=O)[O-])cc1.[Na+]. The van der Waals surface area contributed by atoms with Crippen molar-refractivity contribution < 1.29 is 48.9 Å². The minimum atomic E-state index is -1.52. The molecule has 1 rings (SSSR count). The molecule has 4 nitrogen and oxygen atoms in total. The monoisotopic (exact) mass is 204 g/mol. The maximum absolute atomic E-state index is 9.94. The molecule has 0 aliphatic carbocycles. The molecule has 0 aliphatic heterocycles. The molecule has 0 unspecified atom stereocenters.